The number of aromatic hydroxyl groups is 1. The zero-order chi connectivity index (χ0) is 13.8. The van der Waals surface area contributed by atoms with Gasteiger partial charge in [0.25, 0.3) is 5.89 Å². The van der Waals surface area contributed by atoms with Crippen LogP contribution < -0.4 is 0 Å². The van der Waals surface area contributed by atoms with Gasteiger partial charge in [0.15, 0.2) is 5.82 Å². The topological polar surface area (TPSA) is 59.2 Å². The van der Waals surface area contributed by atoms with E-state index < -0.39 is 5.82 Å². The van der Waals surface area contributed by atoms with Crippen molar-refractivity contribution < 1.29 is 14.0 Å². The summed E-state index contributed by atoms with van der Waals surface area (Å²) in [6.07, 6.45) is 0. The van der Waals surface area contributed by atoms with E-state index >= 15 is 0 Å². The Bertz CT molecular complexity index is 537. The van der Waals surface area contributed by atoms with E-state index in [0.717, 1.165) is 5.75 Å². The molecule has 0 amide bonds. The lowest BCUT2D eigenvalue weighted by atomic mass is 10.2. The molecule has 0 saturated heterocycles. The number of rotatable bonds is 5. The summed E-state index contributed by atoms with van der Waals surface area (Å²) < 4.78 is 18.6. The van der Waals surface area contributed by atoms with E-state index in [4.69, 9.17) is 4.52 Å². The van der Waals surface area contributed by atoms with Gasteiger partial charge < -0.3 is 9.63 Å². The van der Waals surface area contributed by atoms with E-state index in [1.807, 2.05) is 0 Å². The van der Waals surface area contributed by atoms with Crippen LogP contribution in [-0.4, -0.2) is 21.0 Å². The first-order valence-corrected chi connectivity index (χ1v) is 7.11. The Labute approximate surface area is 115 Å². The van der Waals surface area contributed by atoms with E-state index in [-0.39, 0.29) is 17.2 Å². The summed E-state index contributed by atoms with van der Waals surface area (Å²) in [4.78, 5) is 4.10. The zero-order valence-electron chi connectivity index (χ0n) is 10.8. The maximum absolute atomic E-state index is 13.6. The van der Waals surface area contributed by atoms with Crippen molar-refractivity contribution in [1.82, 2.24) is 10.1 Å². The number of aromatic nitrogens is 2. The second kappa shape index (κ2) is 6.06. The van der Waals surface area contributed by atoms with Crippen LogP contribution in [0.5, 0.6) is 5.75 Å². The fraction of sp³-hybridized carbons (Fsp3) is 0.385. The second-order valence-electron chi connectivity index (χ2n) is 4.56. The highest BCUT2D eigenvalue weighted by molar-refractivity contribution is 7.98. The van der Waals surface area contributed by atoms with Crippen LogP contribution in [-0.2, 0) is 5.75 Å². The number of benzene rings is 1. The number of phenols is 1. The van der Waals surface area contributed by atoms with Crippen molar-refractivity contribution >= 4 is 11.8 Å². The smallest absolute Gasteiger partial charge is 0.264 e. The molecule has 102 valence electrons. The van der Waals surface area contributed by atoms with Gasteiger partial charge in [-0.15, -0.1) is 0 Å². The minimum Gasteiger partial charge on any atom is -0.507 e. The molecular weight excluding hydrogens is 267 g/mol. The van der Waals surface area contributed by atoms with Crippen molar-refractivity contribution in [3.63, 3.8) is 0 Å². The van der Waals surface area contributed by atoms with Gasteiger partial charge in [0.05, 0.1) is 5.75 Å². The third-order valence-electron chi connectivity index (χ3n) is 2.36. The molecule has 0 bridgehead atoms. The van der Waals surface area contributed by atoms with Crippen LogP contribution in [0.25, 0.3) is 11.5 Å². The summed E-state index contributed by atoms with van der Waals surface area (Å²) in [5.74, 6) is 1.92. The highest BCUT2D eigenvalue weighted by Gasteiger charge is 2.17. The molecule has 0 spiro atoms. The summed E-state index contributed by atoms with van der Waals surface area (Å²) in [5, 5.41) is 13.4. The van der Waals surface area contributed by atoms with Crippen LogP contribution in [0.3, 0.4) is 0 Å². The van der Waals surface area contributed by atoms with E-state index in [1.54, 1.807) is 11.8 Å². The van der Waals surface area contributed by atoms with E-state index in [0.29, 0.717) is 17.5 Å². The van der Waals surface area contributed by atoms with Gasteiger partial charge in [0.1, 0.15) is 17.1 Å². The molecule has 0 fully saturated rings. The maximum Gasteiger partial charge on any atom is 0.264 e. The average Bonchev–Trinajstić information content (AvgIpc) is 2.77. The number of halogens is 1. The molecule has 0 radical (unpaired) electrons. The standard InChI is InChI=1S/C13H15FN2O2S/c1-8(2)6-19-7-11-15-13(18-16-11)12-9(14)4-3-5-10(12)17/h3-5,8,17H,6-7H2,1-2H3. The molecule has 19 heavy (non-hydrogen) atoms. The number of phenolic OH excluding ortho intramolecular Hbond substituents is 1. The van der Waals surface area contributed by atoms with Gasteiger partial charge >= 0.3 is 0 Å². The Balaban J connectivity index is 2.12. The molecule has 0 saturated carbocycles. The first-order chi connectivity index (χ1) is 9.08. The number of thioether (sulfide) groups is 1. The molecule has 1 aromatic heterocycles. The highest BCUT2D eigenvalue weighted by Crippen LogP contribution is 2.30. The van der Waals surface area contributed by atoms with Gasteiger partial charge in [-0.3, -0.25) is 0 Å². The Hall–Kier alpha value is -1.56. The van der Waals surface area contributed by atoms with Crippen LogP contribution in [0.4, 0.5) is 4.39 Å². The first-order valence-electron chi connectivity index (χ1n) is 5.96. The summed E-state index contributed by atoms with van der Waals surface area (Å²) in [5.41, 5.74) is -0.0462. The highest BCUT2D eigenvalue weighted by atomic mass is 32.2. The third kappa shape index (κ3) is 3.47. The van der Waals surface area contributed by atoms with Crippen LogP contribution >= 0.6 is 11.8 Å². The lowest BCUT2D eigenvalue weighted by molar-refractivity contribution is 0.415. The largest absolute Gasteiger partial charge is 0.507 e. The lowest BCUT2D eigenvalue weighted by Gasteiger charge is -2.01. The summed E-state index contributed by atoms with van der Waals surface area (Å²) in [6, 6.07) is 4.05. The van der Waals surface area contributed by atoms with Crippen molar-refractivity contribution in [2.45, 2.75) is 19.6 Å². The minimum absolute atomic E-state index is 0.00995. The van der Waals surface area contributed by atoms with Gasteiger partial charge in [0, 0.05) is 0 Å². The van der Waals surface area contributed by atoms with Gasteiger partial charge in [0.2, 0.25) is 0 Å². The Morgan fingerprint density at radius 1 is 1.42 bits per heavy atom. The quantitative estimate of drug-likeness (QED) is 0.910. The normalized spacial score (nSPS) is 11.2. The monoisotopic (exact) mass is 282 g/mol. The third-order valence-corrected chi connectivity index (χ3v) is 3.72. The molecule has 6 heteroatoms. The van der Waals surface area contributed by atoms with Crippen molar-refractivity contribution in [3.05, 3.63) is 29.8 Å². The van der Waals surface area contributed by atoms with Crippen molar-refractivity contribution in [2.24, 2.45) is 5.92 Å². The van der Waals surface area contributed by atoms with Crippen molar-refractivity contribution in [3.8, 4) is 17.2 Å². The molecule has 2 aromatic rings. The Morgan fingerprint density at radius 3 is 2.89 bits per heavy atom. The van der Waals surface area contributed by atoms with Crippen LogP contribution in [0.15, 0.2) is 22.7 Å². The Kier molecular flexibility index (Phi) is 4.42. The average molecular weight is 282 g/mol. The number of nitrogens with zero attached hydrogens (tertiary/aromatic N) is 2. The lowest BCUT2D eigenvalue weighted by Crippen LogP contribution is -1.93. The molecule has 0 aliphatic heterocycles. The number of hydrogen-bond donors (Lipinski definition) is 1. The SMILES string of the molecule is CC(C)CSCc1noc(-c2c(O)cccc2F)n1. The van der Waals surface area contributed by atoms with Crippen LogP contribution in [0.2, 0.25) is 0 Å². The van der Waals surface area contributed by atoms with Gasteiger partial charge in [-0.1, -0.05) is 25.1 Å². The molecular formula is C13H15FN2O2S. The zero-order valence-corrected chi connectivity index (χ0v) is 11.6. The van der Waals surface area contributed by atoms with E-state index in [9.17, 15) is 9.50 Å². The predicted molar refractivity (Wildman–Crippen MR) is 72.4 cm³/mol. The molecule has 0 atom stereocenters. The van der Waals surface area contributed by atoms with Crippen molar-refractivity contribution in [1.29, 1.82) is 0 Å². The van der Waals surface area contributed by atoms with Crippen LogP contribution in [0, 0.1) is 11.7 Å². The summed E-state index contributed by atoms with van der Waals surface area (Å²) in [7, 11) is 0. The fourth-order valence-electron chi connectivity index (χ4n) is 1.52. The second-order valence-corrected chi connectivity index (χ2v) is 5.59. The molecule has 1 aromatic carbocycles. The summed E-state index contributed by atoms with van der Waals surface area (Å²) in [6.45, 7) is 4.26. The molecule has 1 heterocycles. The molecule has 0 aliphatic rings. The predicted octanol–water partition coefficient (Wildman–Crippen LogP) is 3.47. The first kappa shape index (κ1) is 13.9. The summed E-state index contributed by atoms with van der Waals surface area (Å²) >= 11 is 1.69. The van der Waals surface area contributed by atoms with Gasteiger partial charge in [-0.25, -0.2) is 4.39 Å². The molecule has 1 N–H and O–H groups in total. The number of hydrogen-bond acceptors (Lipinski definition) is 5. The fourth-order valence-corrected chi connectivity index (χ4v) is 2.41. The van der Waals surface area contributed by atoms with Crippen molar-refractivity contribution in [2.75, 3.05) is 5.75 Å². The van der Waals surface area contributed by atoms with Gasteiger partial charge in [-0.2, -0.15) is 16.7 Å². The van der Waals surface area contributed by atoms with Gasteiger partial charge in [-0.05, 0) is 23.8 Å². The maximum atomic E-state index is 13.6. The van der Waals surface area contributed by atoms with E-state index in [1.165, 1.54) is 18.2 Å². The van der Waals surface area contributed by atoms with Crippen LogP contribution in [0.1, 0.15) is 19.7 Å². The Morgan fingerprint density at radius 2 is 2.21 bits per heavy atom. The minimum atomic E-state index is -0.579. The van der Waals surface area contributed by atoms with E-state index in [2.05, 4.69) is 24.0 Å². The molecule has 0 unspecified atom stereocenters. The molecule has 0 aliphatic carbocycles. The molecule has 2 rings (SSSR count). The molecule has 4 nitrogen and oxygen atoms in total.